The lowest BCUT2D eigenvalue weighted by Gasteiger charge is -2.25. The Balaban J connectivity index is 1.38. The van der Waals surface area contributed by atoms with Crippen molar-refractivity contribution in [2.75, 3.05) is 26.7 Å². The third kappa shape index (κ3) is 8.42. The fourth-order valence-corrected chi connectivity index (χ4v) is 5.65. The highest BCUT2D eigenvalue weighted by Crippen LogP contribution is 2.44. The van der Waals surface area contributed by atoms with Crippen LogP contribution in [0.3, 0.4) is 0 Å². The van der Waals surface area contributed by atoms with E-state index >= 15 is 0 Å². The van der Waals surface area contributed by atoms with Gasteiger partial charge in [0.25, 0.3) is 0 Å². The van der Waals surface area contributed by atoms with Crippen molar-refractivity contribution in [3.63, 3.8) is 0 Å². The lowest BCUT2D eigenvalue weighted by molar-refractivity contribution is -0.137. The van der Waals surface area contributed by atoms with Gasteiger partial charge in [-0.25, -0.2) is 4.79 Å². The molecule has 3 aromatic carbocycles. The maximum absolute atomic E-state index is 13.3. The summed E-state index contributed by atoms with van der Waals surface area (Å²) in [6.45, 7) is 3.50. The number of carbonyl (C=O) groups excluding carboxylic acids is 2. The molecule has 0 bridgehead atoms. The first-order valence-corrected chi connectivity index (χ1v) is 14.7. The summed E-state index contributed by atoms with van der Waals surface area (Å²) in [5.41, 5.74) is 5.64. The van der Waals surface area contributed by atoms with E-state index in [1.165, 1.54) is 0 Å². The molecule has 1 aliphatic carbocycles. The van der Waals surface area contributed by atoms with Gasteiger partial charge < -0.3 is 20.5 Å². The Labute approximate surface area is 248 Å². The molecule has 0 spiro atoms. The molecule has 2 atom stereocenters. The Morgan fingerprint density at radius 3 is 2.14 bits per heavy atom. The first-order valence-electron chi connectivity index (χ1n) is 14.7. The van der Waals surface area contributed by atoms with E-state index in [1.54, 1.807) is 0 Å². The van der Waals surface area contributed by atoms with Gasteiger partial charge in [-0.15, -0.1) is 0 Å². The summed E-state index contributed by atoms with van der Waals surface area (Å²) in [5, 5.41) is 14.8. The molecule has 0 heterocycles. The molecule has 4 rings (SSSR count). The number of rotatable bonds is 15. The van der Waals surface area contributed by atoms with E-state index in [9.17, 15) is 14.4 Å². The average Bonchev–Trinajstić information content (AvgIpc) is 3.31. The number of hydrogen-bond acceptors (Lipinski definition) is 5. The molecule has 0 saturated heterocycles. The monoisotopic (exact) mass is 571 g/mol. The highest BCUT2D eigenvalue weighted by atomic mass is 16.5. The standard InChI is InChI=1S/C34H41N3O5/c1-3-24(17-18-32(38)39)19-20-35-33(40)31(22-37(2)21-25-11-5-4-6-12-25)36-34(41)42-23-30-28-15-9-7-13-26(28)27-14-8-10-16-29(27)30/h4-16,24,30-31H,3,17-23H2,1-2H3,(H,35,40)(H,36,41)(H,38,39). The smallest absolute Gasteiger partial charge is 0.407 e. The zero-order valence-electron chi connectivity index (χ0n) is 24.4. The summed E-state index contributed by atoms with van der Waals surface area (Å²) < 4.78 is 5.73. The number of carboxylic acids is 1. The van der Waals surface area contributed by atoms with Gasteiger partial charge in [-0.05, 0) is 53.6 Å². The van der Waals surface area contributed by atoms with E-state index < -0.39 is 18.1 Å². The van der Waals surface area contributed by atoms with Crippen LogP contribution in [0.4, 0.5) is 4.79 Å². The fraction of sp³-hybridized carbons (Fsp3) is 0.382. The van der Waals surface area contributed by atoms with Crippen LogP contribution in [0.2, 0.25) is 0 Å². The van der Waals surface area contributed by atoms with Crippen LogP contribution in [-0.4, -0.2) is 60.8 Å². The SMILES string of the molecule is CCC(CCNC(=O)C(CN(C)Cc1ccccc1)NC(=O)OCC1c2ccccc2-c2ccccc21)CCC(=O)O. The highest BCUT2D eigenvalue weighted by molar-refractivity contribution is 5.86. The van der Waals surface area contributed by atoms with Gasteiger partial charge in [-0.3, -0.25) is 14.5 Å². The number of carbonyl (C=O) groups is 3. The molecule has 1 aliphatic rings. The normalized spacial score (nSPS) is 13.6. The van der Waals surface area contributed by atoms with Gasteiger partial charge in [0.2, 0.25) is 5.91 Å². The van der Waals surface area contributed by atoms with Crippen molar-refractivity contribution in [3.05, 3.63) is 95.6 Å². The molecule has 0 aliphatic heterocycles. The number of fused-ring (bicyclic) bond motifs is 3. The summed E-state index contributed by atoms with van der Waals surface area (Å²) in [6, 6.07) is 25.4. The third-order valence-corrected chi connectivity index (χ3v) is 7.94. The zero-order valence-corrected chi connectivity index (χ0v) is 24.4. The first kappa shape index (κ1) is 30.8. The van der Waals surface area contributed by atoms with Crippen LogP contribution in [-0.2, 0) is 20.9 Å². The van der Waals surface area contributed by atoms with E-state index in [2.05, 4.69) is 34.9 Å². The summed E-state index contributed by atoms with van der Waals surface area (Å²) >= 11 is 0. The summed E-state index contributed by atoms with van der Waals surface area (Å²) in [4.78, 5) is 39.3. The lowest BCUT2D eigenvalue weighted by atomic mass is 9.96. The second kappa shape index (κ2) is 15.2. The van der Waals surface area contributed by atoms with Gasteiger partial charge in [0.15, 0.2) is 0 Å². The Kier molecular flexibility index (Phi) is 11.1. The van der Waals surface area contributed by atoms with Gasteiger partial charge >= 0.3 is 12.1 Å². The molecule has 2 unspecified atom stereocenters. The van der Waals surface area contributed by atoms with Crippen LogP contribution in [0.15, 0.2) is 78.9 Å². The average molecular weight is 572 g/mol. The number of hydrogen-bond donors (Lipinski definition) is 3. The zero-order chi connectivity index (χ0) is 29.9. The van der Waals surface area contributed by atoms with Crippen LogP contribution < -0.4 is 10.6 Å². The molecule has 0 radical (unpaired) electrons. The Bertz CT molecular complexity index is 1300. The molecule has 3 aromatic rings. The minimum atomic E-state index is -0.826. The van der Waals surface area contributed by atoms with Crippen LogP contribution in [0.5, 0.6) is 0 Å². The fourth-order valence-electron chi connectivity index (χ4n) is 5.65. The number of nitrogens with zero attached hydrogens (tertiary/aromatic N) is 1. The molecule has 3 N–H and O–H groups in total. The number of amides is 2. The largest absolute Gasteiger partial charge is 0.481 e. The van der Waals surface area contributed by atoms with Crippen molar-refractivity contribution < 1.29 is 24.2 Å². The second-order valence-corrected chi connectivity index (χ2v) is 11.0. The van der Waals surface area contributed by atoms with E-state index in [4.69, 9.17) is 9.84 Å². The quantitative estimate of drug-likeness (QED) is 0.225. The molecule has 0 saturated carbocycles. The topological polar surface area (TPSA) is 108 Å². The number of ether oxygens (including phenoxy) is 1. The lowest BCUT2D eigenvalue weighted by Crippen LogP contribution is -2.52. The minimum absolute atomic E-state index is 0.0760. The minimum Gasteiger partial charge on any atom is -0.481 e. The number of benzene rings is 3. The third-order valence-electron chi connectivity index (χ3n) is 7.94. The predicted octanol–water partition coefficient (Wildman–Crippen LogP) is 5.42. The summed E-state index contributed by atoms with van der Waals surface area (Å²) in [6.07, 6.45) is 1.56. The van der Waals surface area contributed by atoms with Crippen LogP contribution in [0.25, 0.3) is 11.1 Å². The van der Waals surface area contributed by atoms with E-state index in [0.29, 0.717) is 32.5 Å². The van der Waals surface area contributed by atoms with Crippen molar-refractivity contribution in [1.82, 2.24) is 15.5 Å². The Hall–Kier alpha value is -4.17. The molecule has 8 nitrogen and oxygen atoms in total. The summed E-state index contributed by atoms with van der Waals surface area (Å²) in [5.74, 6) is -0.980. The van der Waals surface area contributed by atoms with E-state index in [-0.39, 0.29) is 30.8 Å². The molecule has 222 valence electrons. The molecule has 42 heavy (non-hydrogen) atoms. The second-order valence-electron chi connectivity index (χ2n) is 11.0. The number of nitrogens with one attached hydrogen (secondary N) is 2. The predicted molar refractivity (Wildman–Crippen MR) is 163 cm³/mol. The number of alkyl carbamates (subject to hydrolysis) is 1. The van der Waals surface area contributed by atoms with Crippen LogP contribution in [0.1, 0.15) is 55.2 Å². The number of likely N-dealkylation sites (N-methyl/N-ethyl adjacent to an activating group) is 1. The van der Waals surface area contributed by atoms with Crippen molar-refractivity contribution >= 4 is 18.0 Å². The van der Waals surface area contributed by atoms with Crippen molar-refractivity contribution in [2.45, 2.75) is 51.1 Å². The van der Waals surface area contributed by atoms with Gasteiger partial charge in [0, 0.05) is 32.0 Å². The first-order chi connectivity index (χ1) is 20.4. The van der Waals surface area contributed by atoms with Gasteiger partial charge in [-0.2, -0.15) is 0 Å². The van der Waals surface area contributed by atoms with Crippen LogP contribution >= 0.6 is 0 Å². The van der Waals surface area contributed by atoms with Crippen molar-refractivity contribution in [3.8, 4) is 11.1 Å². The molecule has 8 heteroatoms. The number of carboxylic acid groups (broad SMARTS) is 1. The maximum Gasteiger partial charge on any atom is 0.407 e. The van der Waals surface area contributed by atoms with E-state index in [0.717, 1.165) is 34.2 Å². The van der Waals surface area contributed by atoms with Crippen molar-refractivity contribution in [1.29, 1.82) is 0 Å². The molecular formula is C34H41N3O5. The van der Waals surface area contributed by atoms with Gasteiger partial charge in [0.1, 0.15) is 12.6 Å². The highest BCUT2D eigenvalue weighted by Gasteiger charge is 2.30. The number of aliphatic carboxylic acids is 1. The van der Waals surface area contributed by atoms with E-state index in [1.807, 2.05) is 73.5 Å². The molecule has 0 fully saturated rings. The molecule has 2 amide bonds. The van der Waals surface area contributed by atoms with Crippen LogP contribution in [0, 0.1) is 5.92 Å². The molecule has 0 aromatic heterocycles. The summed E-state index contributed by atoms with van der Waals surface area (Å²) in [7, 11) is 1.91. The molecular weight excluding hydrogens is 530 g/mol. The van der Waals surface area contributed by atoms with Gasteiger partial charge in [-0.1, -0.05) is 92.2 Å². The van der Waals surface area contributed by atoms with Crippen molar-refractivity contribution in [2.24, 2.45) is 5.92 Å². The van der Waals surface area contributed by atoms with Gasteiger partial charge in [0.05, 0.1) is 0 Å². The maximum atomic E-state index is 13.3. The Morgan fingerprint density at radius 1 is 0.905 bits per heavy atom. The Morgan fingerprint density at radius 2 is 1.52 bits per heavy atom.